The van der Waals surface area contributed by atoms with Gasteiger partial charge in [0.2, 0.25) is 0 Å². The van der Waals surface area contributed by atoms with E-state index in [-0.39, 0.29) is 18.5 Å². The van der Waals surface area contributed by atoms with Crippen LogP contribution < -0.4 is 10.6 Å². The summed E-state index contributed by atoms with van der Waals surface area (Å²) in [4.78, 5) is 24.8. The van der Waals surface area contributed by atoms with Crippen molar-refractivity contribution in [2.45, 2.75) is 37.8 Å². The fourth-order valence-electron chi connectivity index (χ4n) is 4.02. The molecule has 33 heavy (non-hydrogen) atoms. The average Bonchev–Trinajstić information content (AvgIpc) is 3.52. The Morgan fingerprint density at radius 2 is 1.97 bits per heavy atom. The van der Waals surface area contributed by atoms with E-state index in [9.17, 15) is 9.90 Å². The number of urea groups is 1. The Bertz CT molecular complexity index is 1150. The van der Waals surface area contributed by atoms with Crippen LogP contribution in [-0.4, -0.2) is 68.4 Å². The van der Waals surface area contributed by atoms with E-state index in [1.54, 1.807) is 10.9 Å². The molecule has 0 spiro atoms. The first-order chi connectivity index (χ1) is 16.2. The van der Waals surface area contributed by atoms with E-state index in [0.29, 0.717) is 17.7 Å². The fraction of sp³-hybridized carbons (Fsp3) is 0.364. The number of imidazole rings is 1. The molecule has 11 nitrogen and oxygen atoms in total. The minimum atomic E-state index is -0.625. The van der Waals surface area contributed by atoms with E-state index < -0.39 is 30.8 Å². The second-order valence-electron chi connectivity index (χ2n) is 7.62. The number of benzene rings is 1. The number of carbonyl (C=O) groups excluding carboxylic acids is 1. The largest absolute Gasteiger partial charge is 0.394 e. The maximum Gasteiger partial charge on any atom is 0.320 e. The number of aliphatic hydroxyl groups is 1. The van der Waals surface area contributed by atoms with Gasteiger partial charge in [0, 0.05) is 6.54 Å². The Hall–Kier alpha value is -3.38. The summed E-state index contributed by atoms with van der Waals surface area (Å²) in [6.45, 7) is 2.08. The molecule has 0 saturated carbocycles. The molecule has 2 aromatic heterocycles. The molecule has 5 atom stereocenters. The zero-order chi connectivity index (χ0) is 22.8. The maximum absolute atomic E-state index is 11.9. The van der Waals surface area contributed by atoms with Gasteiger partial charge in [-0.3, -0.25) is 9.88 Å². The van der Waals surface area contributed by atoms with Crippen molar-refractivity contribution >= 4 is 29.1 Å². The Kier molecular flexibility index (Phi) is 6.01. The molecule has 0 aliphatic carbocycles. The summed E-state index contributed by atoms with van der Waals surface area (Å²) in [7, 11) is 0. The van der Waals surface area contributed by atoms with Crippen LogP contribution >= 0.6 is 0 Å². The molecule has 2 fully saturated rings. The molecule has 2 unspecified atom stereocenters. The molecule has 1 aromatic carbocycles. The van der Waals surface area contributed by atoms with Crippen molar-refractivity contribution in [3.05, 3.63) is 54.6 Å². The van der Waals surface area contributed by atoms with E-state index in [4.69, 9.17) is 14.2 Å². The average molecular weight is 452 g/mol. The summed E-state index contributed by atoms with van der Waals surface area (Å²) >= 11 is 0. The molecular formula is C22H24N6O5. The minimum Gasteiger partial charge on any atom is -0.394 e. The quantitative estimate of drug-likeness (QED) is 0.515. The molecule has 3 aromatic rings. The lowest BCUT2D eigenvalue weighted by Gasteiger charge is -2.19. The fourth-order valence-corrected chi connectivity index (χ4v) is 4.02. The highest BCUT2D eigenvalue weighted by Gasteiger charge is 2.53. The number of aromatic nitrogens is 4. The Labute approximate surface area is 189 Å². The number of hydrogen-bond donors (Lipinski definition) is 3. The van der Waals surface area contributed by atoms with Crippen LogP contribution in [-0.2, 0) is 14.2 Å². The van der Waals surface area contributed by atoms with E-state index in [2.05, 4.69) is 25.6 Å². The van der Waals surface area contributed by atoms with E-state index in [0.717, 1.165) is 5.56 Å². The van der Waals surface area contributed by atoms with Crippen LogP contribution in [0.1, 0.15) is 18.7 Å². The standard InChI is InChI=1S/C22H24N6O5/c1-2-23-22(30)27-19-16-20(25-11-24-19)28(12-26-16)21-18-17(14(10-29)31-21)32-15(33-18)9-8-13-6-4-3-5-7-13/h3-9,11-12,14-15,17-18,21,29H,2,10H2,1H3,(H2,23,24,25,27,30)/t14-,15?,17+,18?,21-/m1/s1. The van der Waals surface area contributed by atoms with Crippen LogP contribution in [0.15, 0.2) is 49.1 Å². The number of fused-ring (bicyclic) bond motifs is 2. The van der Waals surface area contributed by atoms with E-state index >= 15 is 0 Å². The Balaban J connectivity index is 1.39. The number of ether oxygens (including phenoxy) is 3. The lowest BCUT2D eigenvalue weighted by molar-refractivity contribution is -0.133. The number of aliphatic hydroxyl groups excluding tert-OH is 1. The van der Waals surface area contributed by atoms with E-state index in [1.165, 1.54) is 6.33 Å². The zero-order valence-electron chi connectivity index (χ0n) is 17.9. The number of amides is 2. The van der Waals surface area contributed by atoms with Crippen molar-refractivity contribution in [1.29, 1.82) is 0 Å². The molecule has 172 valence electrons. The van der Waals surface area contributed by atoms with Crippen molar-refractivity contribution in [2.24, 2.45) is 0 Å². The normalized spacial score (nSPS) is 26.7. The number of anilines is 1. The molecule has 2 aliphatic heterocycles. The first-order valence-corrected chi connectivity index (χ1v) is 10.7. The molecule has 2 amide bonds. The molecule has 0 bridgehead atoms. The summed E-state index contributed by atoms with van der Waals surface area (Å²) in [6.07, 6.45) is 3.94. The van der Waals surface area contributed by atoms with Crippen molar-refractivity contribution in [1.82, 2.24) is 24.8 Å². The molecule has 4 heterocycles. The predicted octanol–water partition coefficient (Wildman–Crippen LogP) is 1.68. The Morgan fingerprint density at radius 1 is 1.15 bits per heavy atom. The van der Waals surface area contributed by atoms with Gasteiger partial charge in [0.15, 0.2) is 29.5 Å². The molecule has 5 rings (SSSR count). The number of carbonyl (C=O) groups is 1. The number of hydrogen-bond acceptors (Lipinski definition) is 8. The third-order valence-corrected chi connectivity index (χ3v) is 5.50. The summed E-state index contributed by atoms with van der Waals surface area (Å²) in [5.74, 6) is 0.283. The monoisotopic (exact) mass is 452 g/mol. The lowest BCUT2D eigenvalue weighted by atomic mass is 10.1. The number of rotatable bonds is 6. The van der Waals surface area contributed by atoms with Gasteiger partial charge in [0.25, 0.3) is 0 Å². The SMILES string of the molecule is CCNC(=O)Nc1ncnc2c1ncn2[C@@H]1O[C@H](CO)[C@@H]2OC(C=Cc3ccccc3)OC21. The highest BCUT2D eigenvalue weighted by atomic mass is 16.8. The van der Waals surface area contributed by atoms with Gasteiger partial charge < -0.3 is 24.6 Å². The van der Waals surface area contributed by atoms with Crippen LogP contribution in [0.4, 0.5) is 10.6 Å². The van der Waals surface area contributed by atoms with Gasteiger partial charge in [-0.25, -0.2) is 19.7 Å². The van der Waals surface area contributed by atoms with Crippen molar-refractivity contribution < 1.29 is 24.1 Å². The van der Waals surface area contributed by atoms with Crippen LogP contribution in [0.2, 0.25) is 0 Å². The van der Waals surface area contributed by atoms with Crippen LogP contribution in [0.3, 0.4) is 0 Å². The second kappa shape index (κ2) is 9.24. The molecular weight excluding hydrogens is 428 g/mol. The predicted molar refractivity (Wildman–Crippen MR) is 118 cm³/mol. The van der Waals surface area contributed by atoms with Gasteiger partial charge in [0.1, 0.15) is 24.6 Å². The summed E-state index contributed by atoms with van der Waals surface area (Å²) in [5.41, 5.74) is 1.90. The van der Waals surface area contributed by atoms with Gasteiger partial charge in [-0.1, -0.05) is 36.4 Å². The van der Waals surface area contributed by atoms with Gasteiger partial charge >= 0.3 is 6.03 Å². The van der Waals surface area contributed by atoms with Gasteiger partial charge in [-0.05, 0) is 18.6 Å². The van der Waals surface area contributed by atoms with Crippen molar-refractivity contribution in [3.8, 4) is 0 Å². The summed E-state index contributed by atoms with van der Waals surface area (Å²) in [5, 5.41) is 15.2. The van der Waals surface area contributed by atoms with Crippen molar-refractivity contribution in [2.75, 3.05) is 18.5 Å². The molecule has 0 radical (unpaired) electrons. The lowest BCUT2D eigenvalue weighted by Crippen LogP contribution is -2.30. The third-order valence-electron chi connectivity index (χ3n) is 5.50. The smallest absolute Gasteiger partial charge is 0.320 e. The summed E-state index contributed by atoms with van der Waals surface area (Å²) in [6, 6.07) is 9.45. The number of nitrogens with zero attached hydrogens (tertiary/aromatic N) is 4. The summed E-state index contributed by atoms with van der Waals surface area (Å²) < 4.78 is 19.9. The first kappa shape index (κ1) is 21.5. The first-order valence-electron chi connectivity index (χ1n) is 10.7. The second-order valence-corrected chi connectivity index (χ2v) is 7.62. The zero-order valence-corrected chi connectivity index (χ0v) is 17.9. The van der Waals surface area contributed by atoms with Gasteiger partial charge in [-0.15, -0.1) is 0 Å². The highest BCUT2D eigenvalue weighted by molar-refractivity contribution is 5.95. The van der Waals surface area contributed by atoms with Gasteiger partial charge in [0.05, 0.1) is 12.9 Å². The molecule has 3 N–H and O–H groups in total. The topological polar surface area (TPSA) is 133 Å². The number of nitrogens with one attached hydrogen (secondary N) is 2. The minimum absolute atomic E-state index is 0.220. The Morgan fingerprint density at radius 3 is 2.76 bits per heavy atom. The third kappa shape index (κ3) is 4.18. The maximum atomic E-state index is 11.9. The molecule has 2 aliphatic rings. The van der Waals surface area contributed by atoms with Crippen LogP contribution in [0, 0.1) is 0 Å². The van der Waals surface area contributed by atoms with Crippen LogP contribution in [0.5, 0.6) is 0 Å². The highest BCUT2D eigenvalue weighted by Crippen LogP contribution is 2.40. The molecule has 2 saturated heterocycles. The van der Waals surface area contributed by atoms with Gasteiger partial charge in [-0.2, -0.15) is 0 Å². The van der Waals surface area contributed by atoms with E-state index in [1.807, 2.05) is 49.4 Å². The van der Waals surface area contributed by atoms with Crippen LogP contribution in [0.25, 0.3) is 17.2 Å². The molecule has 11 heteroatoms. The van der Waals surface area contributed by atoms with Crippen molar-refractivity contribution in [3.63, 3.8) is 0 Å².